The van der Waals surface area contributed by atoms with Crippen LogP contribution in [-0.2, 0) is 4.74 Å². The van der Waals surface area contributed by atoms with E-state index in [2.05, 4.69) is 0 Å². The highest BCUT2D eigenvalue weighted by atomic mass is 35.5. The second kappa shape index (κ2) is 7.14. The van der Waals surface area contributed by atoms with E-state index in [1.54, 1.807) is 12.1 Å². The van der Waals surface area contributed by atoms with Crippen molar-refractivity contribution in [3.63, 3.8) is 0 Å². The predicted octanol–water partition coefficient (Wildman–Crippen LogP) is 4.82. The Labute approximate surface area is 152 Å². The first-order valence-electron chi connectivity index (χ1n) is 7.89. The first kappa shape index (κ1) is 17.3. The second-order valence-corrected chi connectivity index (χ2v) is 6.92. The first-order valence-corrected chi connectivity index (χ1v) is 8.64. The lowest BCUT2D eigenvalue weighted by molar-refractivity contribution is -0.0228. The van der Waals surface area contributed by atoms with Crippen LogP contribution in [0.2, 0.25) is 10.0 Å². The Balaban J connectivity index is 1.79. The van der Waals surface area contributed by atoms with Crippen LogP contribution in [0.15, 0.2) is 36.4 Å². The number of hydrogen-bond acceptors (Lipinski definition) is 2. The average Bonchev–Trinajstić information content (AvgIpc) is 2.57. The molecule has 0 radical (unpaired) electrons. The van der Waals surface area contributed by atoms with Gasteiger partial charge in [-0.1, -0.05) is 47.0 Å². The van der Waals surface area contributed by atoms with E-state index in [9.17, 15) is 4.79 Å². The van der Waals surface area contributed by atoms with Crippen molar-refractivity contribution in [1.29, 1.82) is 0 Å². The molecule has 126 valence electrons. The van der Waals surface area contributed by atoms with E-state index < -0.39 is 0 Å². The van der Waals surface area contributed by atoms with Gasteiger partial charge in [0.25, 0.3) is 5.91 Å². The van der Waals surface area contributed by atoms with Gasteiger partial charge in [0.1, 0.15) is 6.10 Å². The van der Waals surface area contributed by atoms with Crippen LogP contribution in [0, 0.1) is 13.8 Å². The molecule has 0 N–H and O–H groups in total. The van der Waals surface area contributed by atoms with Gasteiger partial charge in [0.05, 0.1) is 23.2 Å². The van der Waals surface area contributed by atoms with Crippen molar-refractivity contribution >= 4 is 29.1 Å². The number of ether oxygens (including phenoxy) is 1. The van der Waals surface area contributed by atoms with Gasteiger partial charge in [0, 0.05) is 12.1 Å². The second-order valence-electron chi connectivity index (χ2n) is 6.10. The first-order chi connectivity index (χ1) is 11.5. The summed E-state index contributed by atoms with van der Waals surface area (Å²) in [7, 11) is 0. The van der Waals surface area contributed by atoms with E-state index in [1.165, 1.54) is 0 Å². The molecule has 1 saturated heterocycles. The molecule has 3 nitrogen and oxygen atoms in total. The summed E-state index contributed by atoms with van der Waals surface area (Å²) in [6.07, 6.45) is -0.191. The van der Waals surface area contributed by atoms with Gasteiger partial charge in [-0.25, -0.2) is 0 Å². The molecule has 3 rings (SSSR count). The normalized spacial score (nSPS) is 17.8. The van der Waals surface area contributed by atoms with Crippen molar-refractivity contribution < 1.29 is 9.53 Å². The summed E-state index contributed by atoms with van der Waals surface area (Å²) in [4.78, 5) is 14.7. The molecule has 1 atom stereocenters. The van der Waals surface area contributed by atoms with E-state index >= 15 is 0 Å². The van der Waals surface area contributed by atoms with Crippen LogP contribution in [0.25, 0.3) is 0 Å². The lowest BCUT2D eigenvalue weighted by Gasteiger charge is -2.33. The van der Waals surface area contributed by atoms with Gasteiger partial charge >= 0.3 is 0 Å². The van der Waals surface area contributed by atoms with E-state index in [0.717, 1.165) is 22.3 Å². The van der Waals surface area contributed by atoms with Crippen molar-refractivity contribution in [2.24, 2.45) is 0 Å². The number of morpholine rings is 1. The van der Waals surface area contributed by atoms with Crippen LogP contribution in [0.5, 0.6) is 0 Å². The Morgan fingerprint density at radius 1 is 1.12 bits per heavy atom. The van der Waals surface area contributed by atoms with Gasteiger partial charge in [-0.3, -0.25) is 4.79 Å². The molecule has 0 bridgehead atoms. The van der Waals surface area contributed by atoms with E-state index in [1.807, 2.05) is 43.0 Å². The number of carbonyl (C=O) groups excluding carboxylic acids is 1. The maximum absolute atomic E-state index is 12.9. The van der Waals surface area contributed by atoms with E-state index in [0.29, 0.717) is 29.7 Å². The number of hydrogen-bond donors (Lipinski definition) is 0. The summed E-state index contributed by atoms with van der Waals surface area (Å²) in [6.45, 7) is 5.59. The maximum atomic E-state index is 12.9. The van der Waals surface area contributed by atoms with Gasteiger partial charge in [-0.2, -0.15) is 0 Å². The highest BCUT2D eigenvalue weighted by molar-refractivity contribution is 6.42. The van der Waals surface area contributed by atoms with Crippen molar-refractivity contribution in [2.45, 2.75) is 20.0 Å². The monoisotopic (exact) mass is 363 g/mol. The molecular weight excluding hydrogens is 345 g/mol. The SMILES string of the molecule is Cc1ccc(C(=O)N2CCOC(c3ccc(Cl)c(Cl)c3)C2)c(C)c1. The minimum atomic E-state index is -0.191. The van der Waals surface area contributed by atoms with Crippen LogP contribution in [-0.4, -0.2) is 30.5 Å². The molecule has 1 amide bonds. The standard InChI is InChI=1S/C19H19Cl2NO2/c1-12-3-5-15(13(2)9-12)19(23)22-7-8-24-18(11-22)14-4-6-16(20)17(21)10-14/h3-6,9-10,18H,7-8,11H2,1-2H3. The summed E-state index contributed by atoms with van der Waals surface area (Å²) in [5, 5.41) is 1.01. The molecule has 1 fully saturated rings. The Hall–Kier alpha value is -1.55. The number of benzene rings is 2. The fraction of sp³-hybridized carbons (Fsp3) is 0.316. The third kappa shape index (κ3) is 3.59. The molecule has 1 aliphatic heterocycles. The molecule has 0 aliphatic carbocycles. The van der Waals surface area contributed by atoms with Crippen LogP contribution in [0.4, 0.5) is 0 Å². The molecule has 1 unspecified atom stereocenters. The van der Waals surface area contributed by atoms with Gasteiger partial charge in [-0.15, -0.1) is 0 Å². The summed E-state index contributed by atoms with van der Waals surface area (Å²) in [5.41, 5.74) is 3.83. The molecule has 5 heteroatoms. The minimum absolute atomic E-state index is 0.0425. The fourth-order valence-electron chi connectivity index (χ4n) is 2.97. The van der Waals surface area contributed by atoms with Crippen molar-refractivity contribution in [3.05, 3.63) is 68.7 Å². The largest absolute Gasteiger partial charge is 0.370 e. The Kier molecular flexibility index (Phi) is 5.14. The van der Waals surface area contributed by atoms with Gasteiger partial charge in [-0.05, 0) is 43.2 Å². The van der Waals surface area contributed by atoms with Gasteiger partial charge in [0.15, 0.2) is 0 Å². The van der Waals surface area contributed by atoms with Crippen LogP contribution >= 0.6 is 23.2 Å². The van der Waals surface area contributed by atoms with E-state index in [4.69, 9.17) is 27.9 Å². The lowest BCUT2D eigenvalue weighted by atomic mass is 10.0. The predicted molar refractivity (Wildman–Crippen MR) is 97.0 cm³/mol. The molecule has 0 aromatic heterocycles. The summed E-state index contributed by atoms with van der Waals surface area (Å²) < 4.78 is 5.83. The molecule has 1 aliphatic rings. The maximum Gasteiger partial charge on any atom is 0.254 e. The smallest absolute Gasteiger partial charge is 0.254 e. The highest BCUT2D eigenvalue weighted by Gasteiger charge is 2.27. The summed E-state index contributed by atoms with van der Waals surface area (Å²) in [6, 6.07) is 11.4. The topological polar surface area (TPSA) is 29.5 Å². The molecule has 0 saturated carbocycles. The fourth-order valence-corrected chi connectivity index (χ4v) is 3.28. The number of amides is 1. The van der Waals surface area contributed by atoms with Crippen molar-refractivity contribution in [1.82, 2.24) is 4.90 Å². The third-order valence-electron chi connectivity index (χ3n) is 4.28. The quantitative estimate of drug-likeness (QED) is 0.764. The number of nitrogens with zero attached hydrogens (tertiary/aromatic N) is 1. The molecule has 0 spiro atoms. The molecular formula is C19H19Cl2NO2. The average molecular weight is 364 g/mol. The number of aryl methyl sites for hydroxylation is 2. The number of halogens is 2. The Morgan fingerprint density at radius 3 is 2.62 bits per heavy atom. The van der Waals surface area contributed by atoms with Crippen LogP contribution < -0.4 is 0 Å². The zero-order valence-corrected chi connectivity index (χ0v) is 15.2. The van der Waals surface area contributed by atoms with Crippen molar-refractivity contribution in [2.75, 3.05) is 19.7 Å². The zero-order chi connectivity index (χ0) is 17.3. The van der Waals surface area contributed by atoms with E-state index in [-0.39, 0.29) is 12.0 Å². The Morgan fingerprint density at radius 2 is 1.92 bits per heavy atom. The highest BCUT2D eigenvalue weighted by Crippen LogP contribution is 2.29. The van der Waals surface area contributed by atoms with Crippen LogP contribution in [0.1, 0.15) is 33.2 Å². The van der Waals surface area contributed by atoms with Gasteiger partial charge < -0.3 is 9.64 Å². The zero-order valence-electron chi connectivity index (χ0n) is 13.7. The van der Waals surface area contributed by atoms with Crippen molar-refractivity contribution in [3.8, 4) is 0 Å². The van der Waals surface area contributed by atoms with Gasteiger partial charge in [0.2, 0.25) is 0 Å². The molecule has 1 heterocycles. The molecule has 24 heavy (non-hydrogen) atoms. The molecule has 2 aromatic carbocycles. The summed E-state index contributed by atoms with van der Waals surface area (Å²) >= 11 is 12.1. The third-order valence-corrected chi connectivity index (χ3v) is 5.02. The minimum Gasteiger partial charge on any atom is -0.370 e. The lowest BCUT2D eigenvalue weighted by Crippen LogP contribution is -2.42. The number of rotatable bonds is 2. The Bertz CT molecular complexity index is 776. The summed E-state index contributed by atoms with van der Waals surface area (Å²) in [5.74, 6) is 0.0425. The number of carbonyl (C=O) groups is 1. The van der Waals surface area contributed by atoms with Crippen LogP contribution in [0.3, 0.4) is 0 Å². The molecule has 2 aromatic rings.